The fourth-order valence-electron chi connectivity index (χ4n) is 1.82. The second-order valence-electron chi connectivity index (χ2n) is 4.47. The Bertz CT molecular complexity index is 626. The number of aromatic nitrogens is 2. The maximum atomic E-state index is 12.1. The lowest BCUT2D eigenvalue weighted by Gasteiger charge is -2.09. The van der Waals surface area contributed by atoms with E-state index < -0.39 is 0 Å². The SMILES string of the molecule is CCNc1ccc(C(=O)Nc2ccc(OC)cc2C)nn1. The summed E-state index contributed by atoms with van der Waals surface area (Å²) in [4.78, 5) is 12.1. The molecule has 0 radical (unpaired) electrons. The highest BCUT2D eigenvalue weighted by molar-refractivity contribution is 6.03. The van der Waals surface area contributed by atoms with Crippen molar-refractivity contribution in [3.05, 3.63) is 41.6 Å². The molecule has 2 N–H and O–H groups in total. The maximum absolute atomic E-state index is 12.1. The van der Waals surface area contributed by atoms with Gasteiger partial charge in [0.15, 0.2) is 5.69 Å². The molecule has 0 unspecified atom stereocenters. The molecule has 2 rings (SSSR count). The van der Waals surface area contributed by atoms with Gasteiger partial charge in [-0.05, 0) is 49.7 Å². The Morgan fingerprint density at radius 1 is 1.24 bits per heavy atom. The number of hydrogen-bond donors (Lipinski definition) is 2. The summed E-state index contributed by atoms with van der Waals surface area (Å²) in [5, 5.41) is 13.7. The predicted molar refractivity (Wildman–Crippen MR) is 81.9 cm³/mol. The van der Waals surface area contributed by atoms with Gasteiger partial charge in [0.05, 0.1) is 7.11 Å². The Kier molecular flexibility index (Phi) is 4.71. The summed E-state index contributed by atoms with van der Waals surface area (Å²) < 4.78 is 5.13. The molecule has 2 aromatic rings. The number of ether oxygens (including phenoxy) is 1. The minimum Gasteiger partial charge on any atom is -0.497 e. The highest BCUT2D eigenvalue weighted by Crippen LogP contribution is 2.21. The van der Waals surface area contributed by atoms with E-state index in [-0.39, 0.29) is 11.6 Å². The minimum absolute atomic E-state index is 0.270. The number of benzene rings is 1. The van der Waals surface area contributed by atoms with Gasteiger partial charge in [0.1, 0.15) is 11.6 Å². The van der Waals surface area contributed by atoms with E-state index in [1.807, 2.05) is 19.9 Å². The zero-order chi connectivity index (χ0) is 15.2. The molecule has 1 heterocycles. The van der Waals surface area contributed by atoms with E-state index in [1.165, 1.54) is 0 Å². The summed E-state index contributed by atoms with van der Waals surface area (Å²) in [5.41, 5.74) is 1.91. The van der Waals surface area contributed by atoms with E-state index in [2.05, 4.69) is 20.8 Å². The van der Waals surface area contributed by atoms with Gasteiger partial charge in [0.25, 0.3) is 5.91 Å². The van der Waals surface area contributed by atoms with Crippen LogP contribution in [0, 0.1) is 6.92 Å². The van der Waals surface area contributed by atoms with Gasteiger partial charge < -0.3 is 15.4 Å². The Hall–Kier alpha value is -2.63. The van der Waals surface area contributed by atoms with Crippen LogP contribution in [-0.4, -0.2) is 29.8 Å². The number of carbonyl (C=O) groups is 1. The number of rotatable bonds is 5. The lowest BCUT2D eigenvalue weighted by molar-refractivity contribution is 0.102. The number of hydrogen-bond acceptors (Lipinski definition) is 5. The first-order chi connectivity index (χ1) is 10.1. The first kappa shape index (κ1) is 14.8. The van der Waals surface area contributed by atoms with Crippen molar-refractivity contribution in [3.63, 3.8) is 0 Å². The molecule has 0 fully saturated rings. The van der Waals surface area contributed by atoms with Crippen molar-refractivity contribution in [3.8, 4) is 5.75 Å². The highest BCUT2D eigenvalue weighted by Gasteiger charge is 2.10. The van der Waals surface area contributed by atoms with Crippen molar-refractivity contribution >= 4 is 17.4 Å². The smallest absolute Gasteiger partial charge is 0.276 e. The molecule has 1 amide bonds. The summed E-state index contributed by atoms with van der Waals surface area (Å²) in [5.74, 6) is 1.11. The molecular formula is C15H18N4O2. The number of aryl methyl sites for hydroxylation is 1. The van der Waals surface area contributed by atoms with E-state index >= 15 is 0 Å². The van der Waals surface area contributed by atoms with Crippen LogP contribution in [0.15, 0.2) is 30.3 Å². The van der Waals surface area contributed by atoms with Gasteiger partial charge in [-0.1, -0.05) is 0 Å². The summed E-state index contributed by atoms with van der Waals surface area (Å²) in [7, 11) is 1.61. The van der Waals surface area contributed by atoms with Crippen LogP contribution in [0.3, 0.4) is 0 Å². The van der Waals surface area contributed by atoms with Crippen molar-refractivity contribution < 1.29 is 9.53 Å². The third kappa shape index (κ3) is 3.68. The molecule has 0 aliphatic carbocycles. The Labute approximate surface area is 123 Å². The van der Waals surface area contributed by atoms with E-state index in [9.17, 15) is 4.79 Å². The van der Waals surface area contributed by atoms with Crippen LogP contribution >= 0.6 is 0 Å². The third-order valence-corrected chi connectivity index (χ3v) is 2.94. The minimum atomic E-state index is -0.293. The van der Waals surface area contributed by atoms with Crippen LogP contribution in [0.2, 0.25) is 0 Å². The molecule has 110 valence electrons. The Morgan fingerprint density at radius 2 is 2.05 bits per heavy atom. The van der Waals surface area contributed by atoms with E-state index in [0.717, 1.165) is 23.5 Å². The molecule has 1 aromatic heterocycles. The molecule has 0 saturated carbocycles. The number of nitrogens with one attached hydrogen (secondary N) is 2. The summed E-state index contributed by atoms with van der Waals surface area (Å²) >= 11 is 0. The zero-order valence-electron chi connectivity index (χ0n) is 12.3. The Balaban J connectivity index is 2.10. The fraction of sp³-hybridized carbons (Fsp3) is 0.267. The van der Waals surface area contributed by atoms with Crippen LogP contribution in [-0.2, 0) is 0 Å². The summed E-state index contributed by atoms with van der Waals surface area (Å²) in [6, 6.07) is 8.82. The van der Waals surface area contributed by atoms with E-state index in [1.54, 1.807) is 31.4 Å². The second-order valence-corrected chi connectivity index (χ2v) is 4.47. The zero-order valence-corrected chi connectivity index (χ0v) is 12.3. The highest BCUT2D eigenvalue weighted by atomic mass is 16.5. The first-order valence-corrected chi connectivity index (χ1v) is 6.67. The predicted octanol–water partition coefficient (Wildman–Crippen LogP) is 2.48. The van der Waals surface area contributed by atoms with Crippen LogP contribution < -0.4 is 15.4 Å². The molecule has 0 saturated heterocycles. The molecule has 0 aliphatic rings. The van der Waals surface area contributed by atoms with Crippen molar-refractivity contribution in [2.75, 3.05) is 24.3 Å². The van der Waals surface area contributed by atoms with Gasteiger partial charge >= 0.3 is 0 Å². The molecule has 0 bridgehead atoms. The molecular weight excluding hydrogens is 268 g/mol. The average Bonchev–Trinajstić information content (AvgIpc) is 2.50. The second kappa shape index (κ2) is 6.69. The van der Waals surface area contributed by atoms with Gasteiger partial charge in [-0.3, -0.25) is 4.79 Å². The monoisotopic (exact) mass is 286 g/mol. The van der Waals surface area contributed by atoms with E-state index in [4.69, 9.17) is 4.74 Å². The molecule has 1 aromatic carbocycles. The molecule has 6 nitrogen and oxygen atoms in total. The van der Waals surface area contributed by atoms with Crippen LogP contribution in [0.25, 0.3) is 0 Å². The number of carbonyl (C=O) groups excluding carboxylic acids is 1. The van der Waals surface area contributed by atoms with E-state index in [0.29, 0.717) is 5.82 Å². The largest absolute Gasteiger partial charge is 0.497 e. The lowest BCUT2D eigenvalue weighted by atomic mass is 10.2. The van der Waals surface area contributed by atoms with Crippen LogP contribution in [0.1, 0.15) is 23.0 Å². The third-order valence-electron chi connectivity index (χ3n) is 2.94. The quantitative estimate of drug-likeness (QED) is 0.883. The van der Waals surface area contributed by atoms with Crippen LogP contribution in [0.4, 0.5) is 11.5 Å². The molecule has 21 heavy (non-hydrogen) atoms. The number of amides is 1. The standard InChI is InChI=1S/C15H18N4O2/c1-4-16-14-8-7-13(18-19-14)15(20)17-12-6-5-11(21-3)9-10(12)2/h5-9H,4H2,1-3H3,(H,16,19)(H,17,20). The van der Waals surface area contributed by atoms with Gasteiger partial charge in [0.2, 0.25) is 0 Å². The average molecular weight is 286 g/mol. The Morgan fingerprint density at radius 3 is 2.62 bits per heavy atom. The summed E-state index contributed by atoms with van der Waals surface area (Å²) in [6.45, 7) is 4.62. The first-order valence-electron chi connectivity index (χ1n) is 6.67. The normalized spacial score (nSPS) is 10.0. The molecule has 0 spiro atoms. The molecule has 0 aliphatic heterocycles. The van der Waals surface area contributed by atoms with Crippen molar-refractivity contribution in [1.82, 2.24) is 10.2 Å². The van der Waals surface area contributed by atoms with Crippen molar-refractivity contribution in [2.45, 2.75) is 13.8 Å². The number of nitrogens with zero attached hydrogens (tertiary/aromatic N) is 2. The number of methoxy groups -OCH3 is 1. The molecule has 0 atom stereocenters. The van der Waals surface area contributed by atoms with Gasteiger partial charge in [0, 0.05) is 12.2 Å². The summed E-state index contributed by atoms with van der Waals surface area (Å²) in [6.07, 6.45) is 0. The van der Waals surface area contributed by atoms with Gasteiger partial charge in [-0.25, -0.2) is 0 Å². The van der Waals surface area contributed by atoms with Gasteiger partial charge in [-0.15, -0.1) is 10.2 Å². The molecule has 6 heteroatoms. The van der Waals surface area contributed by atoms with Crippen molar-refractivity contribution in [2.24, 2.45) is 0 Å². The topological polar surface area (TPSA) is 76.1 Å². The lowest BCUT2D eigenvalue weighted by Crippen LogP contribution is -2.15. The maximum Gasteiger partial charge on any atom is 0.276 e. The van der Waals surface area contributed by atoms with Gasteiger partial charge in [-0.2, -0.15) is 0 Å². The fourth-order valence-corrected chi connectivity index (χ4v) is 1.82. The van der Waals surface area contributed by atoms with Crippen LogP contribution in [0.5, 0.6) is 5.75 Å². The van der Waals surface area contributed by atoms with Crippen molar-refractivity contribution in [1.29, 1.82) is 0 Å². The number of anilines is 2.